The van der Waals surface area contributed by atoms with Crippen LogP contribution in [0.5, 0.6) is 0 Å². The number of carbonyl (C=O) groups is 2. The van der Waals surface area contributed by atoms with Gasteiger partial charge in [-0.05, 0) is 91.9 Å². The van der Waals surface area contributed by atoms with E-state index in [-0.39, 0.29) is 28.3 Å². The Labute approximate surface area is 181 Å². The van der Waals surface area contributed by atoms with Crippen molar-refractivity contribution in [2.45, 2.75) is 91.6 Å². The molecule has 1 N–H and O–H groups in total. The molecule has 4 heteroatoms. The van der Waals surface area contributed by atoms with Gasteiger partial charge in [0.2, 0.25) is 0 Å². The SMILES string of the molecule is COC(=O)CC[C@@H](C)[C@H]1CC[C@H]2[C@@H]3CC[C@]4(C)C[C@H](O)CC[C@]4(C)C3=CC(=O)[C@]12C. The van der Waals surface area contributed by atoms with Crippen molar-refractivity contribution in [3.63, 3.8) is 0 Å². The molecule has 3 saturated carbocycles. The molecule has 0 heterocycles. The Morgan fingerprint density at radius 3 is 2.63 bits per heavy atom. The lowest BCUT2D eigenvalue weighted by molar-refractivity contribution is -0.141. The van der Waals surface area contributed by atoms with E-state index in [1.54, 1.807) is 0 Å². The van der Waals surface area contributed by atoms with Gasteiger partial charge in [0.15, 0.2) is 5.78 Å². The number of ketones is 1. The topological polar surface area (TPSA) is 63.6 Å². The van der Waals surface area contributed by atoms with Gasteiger partial charge in [0.1, 0.15) is 0 Å². The van der Waals surface area contributed by atoms with Gasteiger partial charge in [-0.2, -0.15) is 0 Å². The summed E-state index contributed by atoms with van der Waals surface area (Å²) in [5.41, 5.74) is 1.22. The van der Waals surface area contributed by atoms with E-state index in [2.05, 4.69) is 33.8 Å². The Morgan fingerprint density at radius 2 is 1.93 bits per heavy atom. The maximum absolute atomic E-state index is 13.7. The number of ether oxygens (including phenoxy) is 1. The molecule has 168 valence electrons. The number of aliphatic hydroxyl groups is 1. The van der Waals surface area contributed by atoms with Crippen molar-refractivity contribution in [2.24, 2.45) is 39.9 Å². The van der Waals surface area contributed by atoms with E-state index in [9.17, 15) is 14.7 Å². The second-order valence-corrected chi connectivity index (χ2v) is 11.6. The van der Waals surface area contributed by atoms with Crippen LogP contribution < -0.4 is 0 Å². The summed E-state index contributed by atoms with van der Waals surface area (Å²) in [6.07, 6.45) is 10.3. The van der Waals surface area contributed by atoms with Crippen LogP contribution in [0.1, 0.15) is 85.5 Å². The van der Waals surface area contributed by atoms with Crippen LogP contribution in [0, 0.1) is 39.9 Å². The average molecular weight is 417 g/mol. The molecule has 4 aliphatic carbocycles. The van der Waals surface area contributed by atoms with Crippen molar-refractivity contribution in [1.29, 1.82) is 0 Å². The second kappa shape index (κ2) is 7.46. The maximum atomic E-state index is 13.7. The Balaban J connectivity index is 1.63. The predicted molar refractivity (Wildman–Crippen MR) is 117 cm³/mol. The summed E-state index contributed by atoms with van der Waals surface area (Å²) in [7, 11) is 1.44. The number of fused-ring (bicyclic) bond motifs is 5. The lowest BCUT2D eigenvalue weighted by Gasteiger charge is -2.61. The molecule has 0 aromatic rings. The first-order valence-electron chi connectivity index (χ1n) is 12.1. The van der Waals surface area contributed by atoms with E-state index in [1.165, 1.54) is 12.7 Å². The predicted octanol–water partition coefficient (Wildman–Crippen LogP) is 5.08. The average Bonchev–Trinajstić information content (AvgIpc) is 3.06. The van der Waals surface area contributed by atoms with Crippen LogP contribution >= 0.6 is 0 Å². The van der Waals surface area contributed by atoms with E-state index >= 15 is 0 Å². The standard InChI is InChI=1S/C26H40O4/c1-16(6-9-23(29)30-5)19-7-8-20-18-11-12-24(2)15-17(27)10-13-25(24,3)21(18)14-22(28)26(19,20)4/h14,16-20,27H,6-13,15H2,1-5H3/t16-,17-,18+,19-,20+,24-,25-,26-/m1/s1. The number of allylic oxidation sites excluding steroid dienone is 2. The molecule has 3 fully saturated rings. The van der Waals surface area contributed by atoms with Crippen LogP contribution in [0.3, 0.4) is 0 Å². The number of hydrogen-bond acceptors (Lipinski definition) is 4. The zero-order valence-electron chi connectivity index (χ0n) is 19.5. The van der Waals surface area contributed by atoms with Crippen molar-refractivity contribution in [1.82, 2.24) is 0 Å². The third-order valence-corrected chi connectivity index (χ3v) is 10.4. The van der Waals surface area contributed by atoms with Gasteiger partial charge in [-0.15, -0.1) is 0 Å². The third kappa shape index (κ3) is 3.04. The maximum Gasteiger partial charge on any atom is 0.305 e. The summed E-state index contributed by atoms with van der Waals surface area (Å²) < 4.78 is 4.83. The minimum absolute atomic E-state index is 0.0285. The molecule has 0 radical (unpaired) electrons. The smallest absolute Gasteiger partial charge is 0.305 e. The molecule has 4 rings (SSSR count). The quantitative estimate of drug-likeness (QED) is 0.649. The van der Waals surface area contributed by atoms with Gasteiger partial charge < -0.3 is 9.84 Å². The molecule has 0 aromatic carbocycles. The summed E-state index contributed by atoms with van der Waals surface area (Å²) in [6, 6.07) is 0. The number of esters is 1. The zero-order valence-corrected chi connectivity index (χ0v) is 19.5. The molecule has 0 aromatic heterocycles. The molecule has 4 aliphatic rings. The first kappa shape index (κ1) is 22.0. The molecule has 0 unspecified atom stereocenters. The van der Waals surface area contributed by atoms with Gasteiger partial charge in [0.25, 0.3) is 0 Å². The van der Waals surface area contributed by atoms with Gasteiger partial charge in [0.05, 0.1) is 13.2 Å². The number of rotatable bonds is 4. The van der Waals surface area contributed by atoms with Crippen molar-refractivity contribution in [3.05, 3.63) is 11.6 Å². The Hall–Kier alpha value is -1.16. The summed E-state index contributed by atoms with van der Waals surface area (Å²) >= 11 is 0. The van der Waals surface area contributed by atoms with Crippen LogP contribution in [0.15, 0.2) is 11.6 Å². The van der Waals surface area contributed by atoms with Crippen molar-refractivity contribution in [3.8, 4) is 0 Å². The van der Waals surface area contributed by atoms with Crippen molar-refractivity contribution < 1.29 is 19.4 Å². The van der Waals surface area contributed by atoms with Gasteiger partial charge in [-0.25, -0.2) is 0 Å². The van der Waals surface area contributed by atoms with Gasteiger partial charge in [-0.1, -0.05) is 33.3 Å². The molecule has 8 atom stereocenters. The summed E-state index contributed by atoms with van der Waals surface area (Å²) in [6.45, 7) is 9.16. The highest BCUT2D eigenvalue weighted by Crippen LogP contribution is 2.68. The van der Waals surface area contributed by atoms with Crippen LogP contribution in [-0.4, -0.2) is 30.1 Å². The summed E-state index contributed by atoms with van der Waals surface area (Å²) in [5, 5.41) is 10.4. The van der Waals surface area contributed by atoms with E-state index in [0.717, 1.165) is 51.4 Å². The number of hydrogen-bond donors (Lipinski definition) is 1. The first-order valence-corrected chi connectivity index (χ1v) is 12.1. The van der Waals surface area contributed by atoms with Crippen LogP contribution in [0.2, 0.25) is 0 Å². The van der Waals surface area contributed by atoms with E-state index < -0.39 is 0 Å². The monoisotopic (exact) mass is 416 g/mol. The molecule has 0 amide bonds. The summed E-state index contributed by atoms with van der Waals surface area (Å²) in [4.78, 5) is 25.4. The fourth-order valence-corrected chi connectivity index (χ4v) is 8.24. The first-order chi connectivity index (χ1) is 14.1. The minimum Gasteiger partial charge on any atom is -0.469 e. The molecule has 0 saturated heterocycles. The number of carbonyl (C=O) groups excluding carboxylic acids is 2. The van der Waals surface area contributed by atoms with Gasteiger partial charge in [0, 0.05) is 11.8 Å². The molecular formula is C26H40O4. The highest BCUT2D eigenvalue weighted by atomic mass is 16.5. The Kier molecular flexibility index (Phi) is 5.48. The van der Waals surface area contributed by atoms with Crippen molar-refractivity contribution >= 4 is 11.8 Å². The zero-order chi connectivity index (χ0) is 21.9. The Morgan fingerprint density at radius 1 is 1.20 bits per heavy atom. The van der Waals surface area contributed by atoms with Gasteiger partial charge in [-0.3, -0.25) is 9.59 Å². The fourth-order valence-electron chi connectivity index (χ4n) is 8.24. The third-order valence-electron chi connectivity index (χ3n) is 10.4. The lowest BCUT2D eigenvalue weighted by Crippen LogP contribution is -2.55. The Bertz CT molecular complexity index is 756. The normalized spacial score (nSPS) is 46.3. The van der Waals surface area contributed by atoms with Crippen LogP contribution in [0.4, 0.5) is 0 Å². The minimum atomic E-state index is -0.304. The molecule has 0 bridgehead atoms. The number of methoxy groups -OCH3 is 1. The highest BCUT2D eigenvalue weighted by Gasteiger charge is 2.63. The van der Waals surface area contributed by atoms with E-state index in [4.69, 9.17) is 4.74 Å². The van der Waals surface area contributed by atoms with E-state index in [0.29, 0.717) is 35.9 Å². The van der Waals surface area contributed by atoms with Crippen LogP contribution in [0.25, 0.3) is 0 Å². The largest absolute Gasteiger partial charge is 0.469 e. The van der Waals surface area contributed by atoms with Gasteiger partial charge >= 0.3 is 5.97 Å². The fraction of sp³-hybridized carbons (Fsp3) is 0.846. The van der Waals surface area contributed by atoms with Crippen LogP contribution in [-0.2, 0) is 14.3 Å². The molecular weight excluding hydrogens is 376 g/mol. The van der Waals surface area contributed by atoms with Crippen molar-refractivity contribution in [2.75, 3.05) is 7.11 Å². The molecule has 30 heavy (non-hydrogen) atoms. The molecule has 0 spiro atoms. The molecule has 0 aliphatic heterocycles. The second-order valence-electron chi connectivity index (χ2n) is 11.6. The molecule has 4 nitrogen and oxygen atoms in total. The lowest BCUT2D eigenvalue weighted by atomic mass is 9.43. The summed E-state index contributed by atoms with van der Waals surface area (Å²) in [5.74, 6) is 1.77. The highest BCUT2D eigenvalue weighted by molar-refractivity contribution is 5.97. The number of aliphatic hydroxyl groups excluding tert-OH is 1. The van der Waals surface area contributed by atoms with E-state index in [1.807, 2.05) is 0 Å².